The fourth-order valence-corrected chi connectivity index (χ4v) is 2.03. The zero-order valence-corrected chi connectivity index (χ0v) is 7.21. The van der Waals surface area contributed by atoms with Gasteiger partial charge in [0.05, 0.1) is 19.1 Å². The number of carboxylic acid groups (broad SMARTS) is 1. The topological polar surface area (TPSA) is 37.3 Å². The molecule has 3 heteroatoms. The maximum absolute atomic E-state index is 10.9. The van der Waals surface area contributed by atoms with E-state index in [1.54, 1.807) is 0 Å². The molecule has 0 aromatic heterocycles. The van der Waals surface area contributed by atoms with E-state index in [0.29, 0.717) is 6.04 Å². The molecule has 0 aliphatic carbocycles. The number of hydrogen-bond donors (Lipinski definition) is 1. The van der Waals surface area contributed by atoms with Crippen LogP contribution in [-0.2, 0) is 0 Å². The van der Waals surface area contributed by atoms with E-state index in [2.05, 4.69) is 0 Å². The first-order chi connectivity index (χ1) is 5.13. The third-order valence-corrected chi connectivity index (χ3v) is 2.97. The number of amides is 1. The maximum Gasteiger partial charge on any atom is 0.513 e. The molecule has 1 fully saturated rings. The molecule has 1 unspecified atom stereocenters. The molecule has 64 valence electrons. The Kier molecular flexibility index (Phi) is 2.18. The lowest BCUT2D eigenvalue weighted by atomic mass is 10.2. The number of rotatable bonds is 1. The lowest BCUT2D eigenvalue weighted by molar-refractivity contribution is -0.865. The summed E-state index contributed by atoms with van der Waals surface area (Å²) in [6.07, 6.45) is 1.46. The van der Waals surface area contributed by atoms with Crippen molar-refractivity contribution in [1.29, 1.82) is 0 Å². The standard InChI is InChI=1S/C8H15NO2/c1-3-9(8(10)11)6-4-5-7(9)2/h7H,3-6H2,1-2H3/p+1/t7-,9?/m1/s1. The van der Waals surface area contributed by atoms with E-state index >= 15 is 0 Å². The van der Waals surface area contributed by atoms with Gasteiger partial charge in [-0.1, -0.05) is 0 Å². The lowest BCUT2D eigenvalue weighted by Gasteiger charge is -2.30. The fourth-order valence-electron chi connectivity index (χ4n) is 2.03. The predicted molar refractivity (Wildman–Crippen MR) is 42.4 cm³/mol. The van der Waals surface area contributed by atoms with Gasteiger partial charge in [-0.05, 0) is 13.8 Å². The molecule has 11 heavy (non-hydrogen) atoms. The Morgan fingerprint density at radius 3 is 2.55 bits per heavy atom. The summed E-state index contributed by atoms with van der Waals surface area (Å²) in [6.45, 7) is 5.52. The molecule has 1 heterocycles. The molecule has 1 rings (SSSR count). The molecule has 1 N–H and O–H groups in total. The highest BCUT2D eigenvalue weighted by molar-refractivity contribution is 5.57. The molecule has 1 aliphatic heterocycles. The minimum atomic E-state index is -0.655. The van der Waals surface area contributed by atoms with Gasteiger partial charge in [0.2, 0.25) is 0 Å². The third kappa shape index (κ3) is 1.13. The van der Waals surface area contributed by atoms with Gasteiger partial charge in [-0.3, -0.25) is 0 Å². The van der Waals surface area contributed by atoms with Crippen molar-refractivity contribution in [2.75, 3.05) is 13.1 Å². The van der Waals surface area contributed by atoms with Crippen LogP contribution in [0, 0.1) is 0 Å². The van der Waals surface area contributed by atoms with Crippen LogP contribution in [0.3, 0.4) is 0 Å². The quantitative estimate of drug-likeness (QED) is 0.589. The molecular formula is C8H16NO2+. The minimum Gasteiger partial charge on any atom is -0.435 e. The van der Waals surface area contributed by atoms with Crippen molar-refractivity contribution < 1.29 is 14.4 Å². The largest absolute Gasteiger partial charge is 0.513 e. The number of likely N-dealkylation sites (tertiary alicyclic amines) is 1. The van der Waals surface area contributed by atoms with E-state index in [1.165, 1.54) is 0 Å². The molecule has 1 aliphatic rings. The smallest absolute Gasteiger partial charge is 0.435 e. The van der Waals surface area contributed by atoms with Gasteiger partial charge in [0.25, 0.3) is 0 Å². The first-order valence-corrected chi connectivity index (χ1v) is 4.23. The van der Waals surface area contributed by atoms with Crippen LogP contribution in [0.15, 0.2) is 0 Å². The monoisotopic (exact) mass is 158 g/mol. The second-order valence-electron chi connectivity index (χ2n) is 3.35. The van der Waals surface area contributed by atoms with E-state index in [9.17, 15) is 4.79 Å². The van der Waals surface area contributed by atoms with Gasteiger partial charge >= 0.3 is 6.09 Å². The fraction of sp³-hybridized carbons (Fsp3) is 0.875. The van der Waals surface area contributed by atoms with Crippen LogP contribution in [0.5, 0.6) is 0 Å². The van der Waals surface area contributed by atoms with Crippen molar-refractivity contribution in [1.82, 2.24) is 0 Å². The Bertz CT molecular complexity index is 169. The highest BCUT2D eigenvalue weighted by Gasteiger charge is 2.44. The Morgan fingerprint density at radius 2 is 2.36 bits per heavy atom. The Labute approximate surface area is 67.2 Å². The third-order valence-electron chi connectivity index (χ3n) is 2.97. The molecule has 2 atom stereocenters. The van der Waals surface area contributed by atoms with Gasteiger partial charge in [0, 0.05) is 12.8 Å². The van der Waals surface area contributed by atoms with Crippen LogP contribution in [0.1, 0.15) is 26.7 Å². The molecule has 0 aromatic rings. The lowest BCUT2D eigenvalue weighted by Crippen LogP contribution is -2.54. The van der Waals surface area contributed by atoms with Crippen LogP contribution in [0.25, 0.3) is 0 Å². The van der Waals surface area contributed by atoms with Gasteiger partial charge in [0.1, 0.15) is 0 Å². The maximum atomic E-state index is 10.9. The number of quaternary nitrogens is 1. The summed E-state index contributed by atoms with van der Waals surface area (Å²) in [4.78, 5) is 10.9. The highest BCUT2D eigenvalue weighted by atomic mass is 16.4. The summed E-state index contributed by atoms with van der Waals surface area (Å²) in [5, 5.41) is 9.01. The molecule has 3 nitrogen and oxygen atoms in total. The molecular weight excluding hydrogens is 142 g/mol. The summed E-state index contributed by atoms with van der Waals surface area (Å²) in [5.41, 5.74) is 0. The zero-order chi connectivity index (χ0) is 8.48. The summed E-state index contributed by atoms with van der Waals surface area (Å²) in [5.74, 6) is 0. The first-order valence-electron chi connectivity index (χ1n) is 4.23. The highest BCUT2D eigenvalue weighted by Crippen LogP contribution is 2.26. The predicted octanol–water partition coefficient (Wildman–Crippen LogP) is 1.68. The van der Waals surface area contributed by atoms with E-state index in [1.807, 2.05) is 13.8 Å². The zero-order valence-electron chi connectivity index (χ0n) is 7.21. The minimum absolute atomic E-state index is 0.278. The number of nitrogens with zero attached hydrogens (tertiary/aromatic N) is 1. The van der Waals surface area contributed by atoms with Gasteiger partial charge in [0.15, 0.2) is 0 Å². The summed E-state index contributed by atoms with van der Waals surface area (Å²) in [7, 11) is 0. The average molecular weight is 158 g/mol. The van der Waals surface area contributed by atoms with Gasteiger partial charge < -0.3 is 5.11 Å². The van der Waals surface area contributed by atoms with Crippen LogP contribution in [0.4, 0.5) is 4.79 Å². The first kappa shape index (κ1) is 8.53. The van der Waals surface area contributed by atoms with Gasteiger partial charge in [-0.2, -0.15) is 4.79 Å². The normalized spacial score (nSPS) is 37.5. The second kappa shape index (κ2) is 2.81. The van der Waals surface area contributed by atoms with Crippen molar-refractivity contribution in [3.8, 4) is 0 Å². The molecule has 0 spiro atoms. The Morgan fingerprint density at radius 1 is 1.73 bits per heavy atom. The average Bonchev–Trinajstić information content (AvgIpc) is 2.32. The molecule has 0 bridgehead atoms. The number of hydrogen-bond acceptors (Lipinski definition) is 1. The van der Waals surface area contributed by atoms with Crippen molar-refractivity contribution in [2.45, 2.75) is 32.7 Å². The van der Waals surface area contributed by atoms with Crippen molar-refractivity contribution in [3.05, 3.63) is 0 Å². The Balaban J connectivity index is 2.82. The number of carbonyl (C=O) groups is 1. The van der Waals surface area contributed by atoms with Crippen LogP contribution in [0.2, 0.25) is 0 Å². The molecule has 0 radical (unpaired) electrons. The van der Waals surface area contributed by atoms with E-state index in [0.717, 1.165) is 25.9 Å². The van der Waals surface area contributed by atoms with Crippen molar-refractivity contribution >= 4 is 6.09 Å². The van der Waals surface area contributed by atoms with Crippen LogP contribution >= 0.6 is 0 Å². The van der Waals surface area contributed by atoms with Crippen LogP contribution < -0.4 is 0 Å². The summed E-state index contributed by atoms with van der Waals surface area (Å²) in [6, 6.07) is 0.303. The molecule has 1 amide bonds. The van der Waals surface area contributed by atoms with Crippen molar-refractivity contribution in [3.63, 3.8) is 0 Å². The van der Waals surface area contributed by atoms with Gasteiger partial charge in [-0.25, -0.2) is 4.48 Å². The summed E-state index contributed by atoms with van der Waals surface area (Å²) >= 11 is 0. The van der Waals surface area contributed by atoms with Crippen LogP contribution in [-0.4, -0.2) is 34.8 Å². The van der Waals surface area contributed by atoms with E-state index in [4.69, 9.17) is 5.11 Å². The molecule has 0 saturated carbocycles. The second-order valence-corrected chi connectivity index (χ2v) is 3.35. The van der Waals surface area contributed by atoms with Crippen molar-refractivity contribution in [2.24, 2.45) is 0 Å². The van der Waals surface area contributed by atoms with E-state index in [-0.39, 0.29) is 4.48 Å². The van der Waals surface area contributed by atoms with Gasteiger partial charge in [-0.15, -0.1) is 0 Å². The molecule has 1 saturated heterocycles. The Hall–Kier alpha value is -0.570. The van der Waals surface area contributed by atoms with E-state index < -0.39 is 6.09 Å². The summed E-state index contributed by atoms with van der Waals surface area (Å²) < 4.78 is 0.278. The SMILES string of the molecule is CC[N+]1(C(=O)O)CCC[C@H]1C. The molecule has 0 aromatic carbocycles.